The summed E-state index contributed by atoms with van der Waals surface area (Å²) in [5, 5.41) is 2.87. The molecule has 1 aromatic carbocycles. The summed E-state index contributed by atoms with van der Waals surface area (Å²) in [7, 11) is 1.61. The molecule has 0 saturated carbocycles. The van der Waals surface area contributed by atoms with E-state index in [1.165, 1.54) is 0 Å². The van der Waals surface area contributed by atoms with Crippen LogP contribution in [0.4, 0.5) is 5.82 Å². The fraction of sp³-hybridized carbons (Fsp3) is 0.423. The highest BCUT2D eigenvalue weighted by atomic mass is 16.5. The lowest BCUT2D eigenvalue weighted by Crippen LogP contribution is -2.40. The Morgan fingerprint density at radius 1 is 1.18 bits per heavy atom. The predicted octanol–water partition coefficient (Wildman–Crippen LogP) is 4.47. The Hall–Kier alpha value is -3.35. The number of aryl methyl sites for hydroxylation is 1. The number of amides is 2. The highest BCUT2D eigenvalue weighted by Crippen LogP contribution is 2.29. The van der Waals surface area contributed by atoms with E-state index in [9.17, 15) is 9.59 Å². The number of hydrogen-bond acceptors (Lipinski definition) is 5. The van der Waals surface area contributed by atoms with Crippen LogP contribution in [0.2, 0.25) is 0 Å². The number of likely N-dealkylation sites (tertiary alicyclic amines) is 1. The van der Waals surface area contributed by atoms with Crippen molar-refractivity contribution in [2.75, 3.05) is 32.1 Å². The summed E-state index contributed by atoms with van der Waals surface area (Å²) in [5.41, 5.74) is 1.91. The number of piperidine rings is 1. The SMILES string of the molecule is CCCCOc1ccc(/C=C/C(=O)N2CCC(C(=O)Nc3ccc(C)cn3)CC2)cc1OC. The first-order valence-electron chi connectivity index (χ1n) is 11.5. The van der Waals surface area contributed by atoms with Gasteiger partial charge in [0.1, 0.15) is 5.82 Å². The van der Waals surface area contributed by atoms with Gasteiger partial charge in [0.2, 0.25) is 11.8 Å². The van der Waals surface area contributed by atoms with Crippen molar-refractivity contribution < 1.29 is 19.1 Å². The molecule has 33 heavy (non-hydrogen) atoms. The first-order valence-corrected chi connectivity index (χ1v) is 11.5. The van der Waals surface area contributed by atoms with E-state index < -0.39 is 0 Å². The molecule has 0 bridgehead atoms. The minimum atomic E-state index is -0.120. The average Bonchev–Trinajstić information content (AvgIpc) is 2.84. The van der Waals surface area contributed by atoms with Gasteiger partial charge < -0.3 is 19.7 Å². The molecule has 0 atom stereocenters. The van der Waals surface area contributed by atoms with Crippen LogP contribution in [0, 0.1) is 12.8 Å². The van der Waals surface area contributed by atoms with Gasteiger partial charge in [0.05, 0.1) is 13.7 Å². The number of carbonyl (C=O) groups is 2. The van der Waals surface area contributed by atoms with Crippen molar-refractivity contribution in [3.05, 3.63) is 53.7 Å². The van der Waals surface area contributed by atoms with Crippen LogP contribution >= 0.6 is 0 Å². The molecule has 2 heterocycles. The van der Waals surface area contributed by atoms with Gasteiger partial charge in [0, 0.05) is 31.3 Å². The fourth-order valence-electron chi connectivity index (χ4n) is 3.64. The molecule has 1 aliphatic heterocycles. The molecular formula is C26H33N3O4. The summed E-state index contributed by atoms with van der Waals surface area (Å²) in [4.78, 5) is 31.2. The lowest BCUT2D eigenvalue weighted by Gasteiger charge is -2.30. The maximum absolute atomic E-state index is 12.6. The van der Waals surface area contributed by atoms with Crippen molar-refractivity contribution >= 4 is 23.7 Å². The van der Waals surface area contributed by atoms with Crippen LogP contribution in [0.1, 0.15) is 43.7 Å². The standard InChI is InChI=1S/C26H33N3O4/c1-4-5-16-33-22-9-7-20(17-23(22)32-3)8-11-25(30)29-14-12-21(13-15-29)26(31)28-24-10-6-19(2)18-27-24/h6-11,17-18,21H,4-5,12-16H2,1-3H3,(H,27,28,31)/b11-8+. The average molecular weight is 452 g/mol. The van der Waals surface area contributed by atoms with E-state index in [1.807, 2.05) is 31.2 Å². The number of nitrogens with one attached hydrogen (secondary N) is 1. The molecule has 0 spiro atoms. The lowest BCUT2D eigenvalue weighted by atomic mass is 9.96. The Morgan fingerprint density at radius 2 is 1.97 bits per heavy atom. The Bertz CT molecular complexity index is 964. The Labute approximate surface area is 195 Å². The summed E-state index contributed by atoms with van der Waals surface area (Å²) in [5.74, 6) is 1.69. The second-order valence-electron chi connectivity index (χ2n) is 8.26. The molecule has 1 aromatic heterocycles. The number of ether oxygens (including phenoxy) is 2. The van der Waals surface area contributed by atoms with E-state index in [0.717, 1.165) is 24.0 Å². The number of aromatic nitrogens is 1. The molecule has 1 saturated heterocycles. The van der Waals surface area contributed by atoms with Gasteiger partial charge in [-0.3, -0.25) is 9.59 Å². The Morgan fingerprint density at radius 3 is 2.64 bits per heavy atom. The van der Waals surface area contributed by atoms with E-state index in [4.69, 9.17) is 9.47 Å². The number of hydrogen-bond donors (Lipinski definition) is 1. The lowest BCUT2D eigenvalue weighted by molar-refractivity contribution is -0.130. The van der Waals surface area contributed by atoms with Crippen molar-refractivity contribution in [1.82, 2.24) is 9.88 Å². The second-order valence-corrected chi connectivity index (χ2v) is 8.26. The largest absolute Gasteiger partial charge is 0.493 e. The highest BCUT2D eigenvalue weighted by Gasteiger charge is 2.26. The quantitative estimate of drug-likeness (QED) is 0.449. The molecule has 3 rings (SSSR count). The molecule has 0 aliphatic carbocycles. The molecule has 1 fully saturated rings. The van der Waals surface area contributed by atoms with Gasteiger partial charge in [-0.1, -0.05) is 25.5 Å². The number of carbonyl (C=O) groups excluding carboxylic acids is 2. The highest BCUT2D eigenvalue weighted by molar-refractivity contribution is 5.93. The zero-order valence-corrected chi connectivity index (χ0v) is 19.7. The van der Waals surface area contributed by atoms with E-state index in [2.05, 4.69) is 17.2 Å². The first-order chi connectivity index (χ1) is 16.0. The van der Waals surface area contributed by atoms with Crippen molar-refractivity contribution in [2.45, 2.75) is 39.5 Å². The smallest absolute Gasteiger partial charge is 0.246 e. The Balaban J connectivity index is 1.50. The van der Waals surface area contributed by atoms with Crippen molar-refractivity contribution in [2.24, 2.45) is 5.92 Å². The van der Waals surface area contributed by atoms with Gasteiger partial charge in [-0.2, -0.15) is 0 Å². The van der Waals surface area contributed by atoms with Gasteiger partial charge in [0.25, 0.3) is 0 Å². The molecule has 7 heteroatoms. The fourth-order valence-corrected chi connectivity index (χ4v) is 3.64. The second kappa shape index (κ2) is 12.0. The van der Waals surface area contributed by atoms with Crippen molar-refractivity contribution in [3.8, 4) is 11.5 Å². The summed E-state index contributed by atoms with van der Waals surface area (Å²) >= 11 is 0. The van der Waals surface area contributed by atoms with Crippen LogP contribution in [0.15, 0.2) is 42.6 Å². The zero-order chi connectivity index (χ0) is 23.6. The number of rotatable bonds is 9. The normalized spacial score (nSPS) is 14.3. The van der Waals surface area contributed by atoms with Gasteiger partial charge in [-0.15, -0.1) is 0 Å². The number of unbranched alkanes of at least 4 members (excludes halogenated alkanes) is 1. The monoisotopic (exact) mass is 451 g/mol. The molecule has 2 aromatic rings. The third kappa shape index (κ3) is 7.07. The molecule has 0 unspecified atom stereocenters. The van der Waals surface area contributed by atoms with Crippen LogP contribution in [0.5, 0.6) is 11.5 Å². The van der Waals surface area contributed by atoms with Crippen molar-refractivity contribution in [3.63, 3.8) is 0 Å². The maximum Gasteiger partial charge on any atom is 0.246 e. The minimum Gasteiger partial charge on any atom is -0.493 e. The maximum atomic E-state index is 12.6. The third-order valence-corrected chi connectivity index (χ3v) is 5.70. The van der Waals surface area contributed by atoms with Crippen LogP contribution in [-0.4, -0.2) is 48.5 Å². The summed E-state index contributed by atoms with van der Waals surface area (Å²) in [6.07, 6.45) is 8.40. The minimum absolute atomic E-state index is 0.0395. The number of anilines is 1. The van der Waals surface area contributed by atoms with Crippen molar-refractivity contribution in [1.29, 1.82) is 0 Å². The molecular weight excluding hydrogens is 418 g/mol. The number of methoxy groups -OCH3 is 1. The summed E-state index contributed by atoms with van der Waals surface area (Å²) < 4.78 is 11.2. The number of nitrogens with zero attached hydrogens (tertiary/aromatic N) is 2. The molecule has 1 N–H and O–H groups in total. The number of benzene rings is 1. The van der Waals surface area contributed by atoms with E-state index in [0.29, 0.717) is 49.9 Å². The number of pyridine rings is 1. The summed E-state index contributed by atoms with van der Waals surface area (Å²) in [6, 6.07) is 9.35. The van der Waals surface area contributed by atoms with Crippen LogP contribution in [-0.2, 0) is 9.59 Å². The molecule has 0 radical (unpaired) electrons. The van der Waals surface area contributed by atoms with Crippen LogP contribution in [0.3, 0.4) is 0 Å². The predicted molar refractivity (Wildman–Crippen MR) is 129 cm³/mol. The van der Waals surface area contributed by atoms with Gasteiger partial charge >= 0.3 is 0 Å². The molecule has 176 valence electrons. The molecule has 1 aliphatic rings. The summed E-state index contributed by atoms with van der Waals surface area (Å²) in [6.45, 7) is 5.82. The van der Waals surface area contributed by atoms with Crippen LogP contribution in [0.25, 0.3) is 6.08 Å². The molecule has 7 nitrogen and oxygen atoms in total. The Kier molecular flexibility index (Phi) is 8.87. The van der Waals surface area contributed by atoms with E-state index in [-0.39, 0.29) is 17.7 Å². The van der Waals surface area contributed by atoms with E-state index in [1.54, 1.807) is 36.4 Å². The molecule has 2 amide bonds. The topological polar surface area (TPSA) is 80.8 Å². The van der Waals surface area contributed by atoms with Gasteiger partial charge in [-0.25, -0.2) is 4.98 Å². The van der Waals surface area contributed by atoms with Gasteiger partial charge in [0.15, 0.2) is 11.5 Å². The third-order valence-electron chi connectivity index (χ3n) is 5.70. The zero-order valence-electron chi connectivity index (χ0n) is 19.7. The van der Waals surface area contributed by atoms with Crippen LogP contribution < -0.4 is 14.8 Å². The van der Waals surface area contributed by atoms with Gasteiger partial charge in [-0.05, 0) is 61.6 Å². The first kappa shape index (κ1) is 24.3. The van der Waals surface area contributed by atoms with E-state index >= 15 is 0 Å².